The van der Waals surface area contributed by atoms with Gasteiger partial charge in [-0.3, -0.25) is 9.58 Å². The lowest BCUT2D eigenvalue weighted by Crippen LogP contribution is -2.49. The number of alkyl halides is 2. The van der Waals surface area contributed by atoms with Gasteiger partial charge in [-0.05, 0) is 43.4 Å². The van der Waals surface area contributed by atoms with Gasteiger partial charge in [-0.2, -0.15) is 15.3 Å². The average Bonchev–Trinajstić information content (AvgIpc) is 3.51. The Bertz CT molecular complexity index is 1620. The third-order valence-corrected chi connectivity index (χ3v) is 7.59. The largest absolute Gasteiger partial charge is 0.390 e. The standard InChI is InChI=1S/C31H34F2N10O2/c1-42-18-24(17-39-42)22-7-12-27(35-15-22)43(30(45)37-14-21-5-3-2-4-6-21)26-10-8-25(9-11-26)40-29-36-16-23(13-34)28(41-29)38-19-31(32,33)20-44/h2-7,12,15-18,25-26,44H,8-11,14,19-20H2,1H3,(H,37,45)(H2,36,38,40,41). The lowest BCUT2D eigenvalue weighted by Gasteiger charge is -2.36. The molecule has 4 aromatic rings. The van der Waals surface area contributed by atoms with Gasteiger partial charge in [0, 0.05) is 49.2 Å². The molecule has 0 spiro atoms. The van der Waals surface area contributed by atoms with E-state index in [2.05, 4.69) is 36.0 Å². The Hall–Kier alpha value is -5.16. The second-order valence-electron chi connectivity index (χ2n) is 10.9. The molecule has 1 aliphatic carbocycles. The van der Waals surface area contributed by atoms with Crippen LogP contribution in [-0.4, -0.2) is 67.0 Å². The summed E-state index contributed by atoms with van der Waals surface area (Å²) in [7, 11) is 1.85. The summed E-state index contributed by atoms with van der Waals surface area (Å²) >= 11 is 0. The van der Waals surface area contributed by atoms with E-state index in [1.54, 1.807) is 22.0 Å². The van der Waals surface area contributed by atoms with Gasteiger partial charge in [0.05, 0.1) is 18.9 Å². The number of aliphatic hydroxyl groups excluding tert-OH is 1. The predicted octanol–water partition coefficient (Wildman–Crippen LogP) is 4.32. The fraction of sp³-hybridized carbons (Fsp3) is 0.355. The minimum atomic E-state index is -3.36. The number of nitrogens with one attached hydrogen (secondary N) is 3. The molecule has 0 radical (unpaired) electrons. The Morgan fingerprint density at radius 1 is 1.09 bits per heavy atom. The lowest BCUT2D eigenvalue weighted by atomic mass is 9.90. The number of nitriles is 1. The second-order valence-corrected chi connectivity index (χ2v) is 10.9. The number of carbonyl (C=O) groups is 1. The van der Waals surface area contributed by atoms with Crippen molar-refractivity contribution in [3.05, 3.63) is 78.4 Å². The molecule has 234 valence electrons. The third kappa shape index (κ3) is 8.07. The number of carbonyl (C=O) groups excluding carboxylic acids is 1. The van der Waals surface area contributed by atoms with Gasteiger partial charge < -0.3 is 21.1 Å². The molecule has 2 amide bonds. The molecule has 5 rings (SSSR count). The number of benzene rings is 1. The number of nitrogens with zero attached hydrogens (tertiary/aromatic N) is 7. The zero-order valence-corrected chi connectivity index (χ0v) is 24.7. The van der Waals surface area contributed by atoms with Crippen LogP contribution in [0.4, 0.5) is 31.2 Å². The maximum Gasteiger partial charge on any atom is 0.323 e. The molecule has 0 saturated heterocycles. The van der Waals surface area contributed by atoms with Gasteiger partial charge >= 0.3 is 6.03 Å². The van der Waals surface area contributed by atoms with Crippen molar-refractivity contribution in [3.8, 4) is 17.2 Å². The van der Waals surface area contributed by atoms with E-state index in [-0.39, 0.29) is 35.4 Å². The highest BCUT2D eigenvalue weighted by Gasteiger charge is 2.32. The van der Waals surface area contributed by atoms with Gasteiger partial charge in [0.15, 0.2) is 0 Å². The maximum absolute atomic E-state index is 13.6. The Labute approximate surface area is 259 Å². The Kier molecular flexibility index (Phi) is 9.79. The number of aromatic nitrogens is 5. The zero-order valence-electron chi connectivity index (χ0n) is 24.7. The number of aryl methyl sites for hydroxylation is 1. The van der Waals surface area contributed by atoms with E-state index in [1.165, 1.54) is 6.20 Å². The first-order chi connectivity index (χ1) is 21.7. The number of hydrogen-bond donors (Lipinski definition) is 4. The van der Waals surface area contributed by atoms with Crippen molar-refractivity contribution in [2.24, 2.45) is 7.05 Å². The SMILES string of the molecule is Cn1cc(-c2ccc(N(C(=O)NCc3ccccc3)C3CCC(Nc4ncc(C#N)c(NCC(F)(F)CO)n4)CC3)nc2)cn1. The third-order valence-electron chi connectivity index (χ3n) is 7.59. The van der Waals surface area contributed by atoms with E-state index in [0.29, 0.717) is 38.0 Å². The molecule has 1 fully saturated rings. The molecular formula is C31H34F2N10O2. The van der Waals surface area contributed by atoms with Crippen LogP contribution in [0.15, 0.2) is 67.3 Å². The molecule has 45 heavy (non-hydrogen) atoms. The summed E-state index contributed by atoms with van der Waals surface area (Å²) in [5.41, 5.74) is 2.81. The molecule has 0 unspecified atom stereocenters. The number of rotatable bonds is 11. The highest BCUT2D eigenvalue weighted by atomic mass is 19.3. The summed E-state index contributed by atoms with van der Waals surface area (Å²) in [6, 6.07) is 14.9. The molecule has 1 saturated carbocycles. The van der Waals surface area contributed by atoms with E-state index in [4.69, 9.17) is 5.11 Å². The number of urea groups is 1. The highest BCUT2D eigenvalue weighted by molar-refractivity contribution is 5.91. The fourth-order valence-electron chi connectivity index (χ4n) is 5.18. The van der Waals surface area contributed by atoms with Crippen molar-refractivity contribution in [1.29, 1.82) is 5.26 Å². The van der Waals surface area contributed by atoms with Crippen LogP contribution >= 0.6 is 0 Å². The summed E-state index contributed by atoms with van der Waals surface area (Å²) in [4.78, 5) is 28.4. The van der Waals surface area contributed by atoms with Crippen LogP contribution in [0.5, 0.6) is 0 Å². The van der Waals surface area contributed by atoms with E-state index >= 15 is 0 Å². The van der Waals surface area contributed by atoms with Crippen LogP contribution in [0.25, 0.3) is 11.1 Å². The minimum absolute atomic E-state index is 0.0113. The molecule has 12 nitrogen and oxygen atoms in total. The number of aliphatic hydroxyl groups is 1. The quantitative estimate of drug-likeness (QED) is 0.193. The van der Waals surface area contributed by atoms with Crippen molar-refractivity contribution < 1.29 is 18.7 Å². The number of anilines is 3. The summed E-state index contributed by atoms with van der Waals surface area (Å²) < 4.78 is 28.9. The number of amides is 2. The number of pyridine rings is 1. The lowest BCUT2D eigenvalue weighted by molar-refractivity contribution is -0.0373. The average molecular weight is 617 g/mol. The van der Waals surface area contributed by atoms with E-state index < -0.39 is 19.1 Å². The summed E-state index contributed by atoms with van der Waals surface area (Å²) in [6.07, 6.45) is 9.33. The smallest absolute Gasteiger partial charge is 0.323 e. The van der Waals surface area contributed by atoms with Crippen LogP contribution < -0.4 is 20.9 Å². The molecule has 0 aliphatic heterocycles. The van der Waals surface area contributed by atoms with Crippen LogP contribution in [0.1, 0.15) is 36.8 Å². The first-order valence-corrected chi connectivity index (χ1v) is 14.6. The summed E-state index contributed by atoms with van der Waals surface area (Å²) in [5, 5.41) is 31.1. The Balaban J connectivity index is 1.27. The van der Waals surface area contributed by atoms with Crippen LogP contribution in [-0.2, 0) is 13.6 Å². The second kappa shape index (κ2) is 14.1. The first kappa shape index (κ1) is 31.3. The topological polar surface area (TPSA) is 157 Å². The van der Waals surface area contributed by atoms with E-state index in [1.807, 2.05) is 61.8 Å². The van der Waals surface area contributed by atoms with Crippen molar-refractivity contribution in [2.75, 3.05) is 28.7 Å². The molecule has 0 bridgehead atoms. The van der Waals surface area contributed by atoms with Gasteiger partial charge in [-0.25, -0.2) is 23.5 Å². The van der Waals surface area contributed by atoms with Gasteiger partial charge in [0.2, 0.25) is 5.95 Å². The van der Waals surface area contributed by atoms with Crippen LogP contribution in [0, 0.1) is 11.3 Å². The predicted molar refractivity (Wildman–Crippen MR) is 165 cm³/mol. The van der Waals surface area contributed by atoms with Crippen molar-refractivity contribution >= 4 is 23.6 Å². The van der Waals surface area contributed by atoms with Gasteiger partial charge in [-0.1, -0.05) is 30.3 Å². The maximum atomic E-state index is 13.6. The number of hydrogen-bond acceptors (Lipinski definition) is 9. The van der Waals surface area contributed by atoms with E-state index in [9.17, 15) is 18.8 Å². The zero-order chi connectivity index (χ0) is 31.8. The van der Waals surface area contributed by atoms with Gasteiger partial charge in [0.25, 0.3) is 5.92 Å². The Morgan fingerprint density at radius 3 is 2.51 bits per heavy atom. The molecule has 14 heteroatoms. The molecule has 1 aliphatic rings. The summed E-state index contributed by atoms with van der Waals surface area (Å²) in [6.45, 7) is -1.83. The molecule has 1 aromatic carbocycles. The Morgan fingerprint density at radius 2 is 1.87 bits per heavy atom. The molecule has 4 N–H and O–H groups in total. The molecular weight excluding hydrogens is 582 g/mol. The van der Waals surface area contributed by atoms with Crippen molar-refractivity contribution in [2.45, 2.75) is 50.2 Å². The monoisotopic (exact) mass is 616 g/mol. The van der Waals surface area contributed by atoms with Crippen LogP contribution in [0.2, 0.25) is 0 Å². The normalized spacial score (nSPS) is 16.4. The molecule has 0 atom stereocenters. The molecule has 3 heterocycles. The van der Waals surface area contributed by atoms with Crippen LogP contribution in [0.3, 0.4) is 0 Å². The first-order valence-electron chi connectivity index (χ1n) is 14.6. The van der Waals surface area contributed by atoms with Gasteiger partial charge in [0.1, 0.15) is 29.9 Å². The van der Waals surface area contributed by atoms with Gasteiger partial charge in [-0.15, -0.1) is 0 Å². The molecule has 3 aromatic heterocycles. The van der Waals surface area contributed by atoms with E-state index in [0.717, 1.165) is 16.7 Å². The fourth-order valence-corrected chi connectivity index (χ4v) is 5.18. The van der Waals surface area contributed by atoms with Crippen molar-refractivity contribution in [1.82, 2.24) is 30.0 Å². The highest BCUT2D eigenvalue weighted by Crippen LogP contribution is 2.30. The minimum Gasteiger partial charge on any atom is -0.390 e. The number of halogens is 2. The summed E-state index contributed by atoms with van der Waals surface area (Å²) in [5.74, 6) is -2.68. The van der Waals surface area contributed by atoms with Crippen molar-refractivity contribution in [3.63, 3.8) is 0 Å².